The van der Waals surface area contributed by atoms with Gasteiger partial charge in [0.2, 0.25) is 4.96 Å². The van der Waals surface area contributed by atoms with Gasteiger partial charge in [-0.2, -0.15) is 9.61 Å². The summed E-state index contributed by atoms with van der Waals surface area (Å²) in [6.07, 6.45) is 0. The van der Waals surface area contributed by atoms with E-state index in [1.165, 1.54) is 11.3 Å². The summed E-state index contributed by atoms with van der Waals surface area (Å²) in [7, 11) is 0. The summed E-state index contributed by atoms with van der Waals surface area (Å²) in [6, 6.07) is 11.6. The molecule has 0 spiro atoms. The Morgan fingerprint density at radius 2 is 1.88 bits per heavy atom. The molecule has 8 heteroatoms. The van der Waals surface area contributed by atoms with Crippen molar-refractivity contribution in [2.24, 2.45) is 0 Å². The van der Waals surface area contributed by atoms with Gasteiger partial charge in [-0.1, -0.05) is 29.5 Å². The van der Waals surface area contributed by atoms with Gasteiger partial charge in [0.25, 0.3) is 0 Å². The molecular formula is C16H14N4O2S2. The molecule has 0 aliphatic heterocycles. The number of hydrogen-bond donors (Lipinski definition) is 0. The van der Waals surface area contributed by atoms with Crippen molar-refractivity contribution < 1.29 is 9.47 Å². The molecule has 0 N–H and O–H groups in total. The highest BCUT2D eigenvalue weighted by atomic mass is 32.1. The topological polar surface area (TPSA) is 61.5 Å². The van der Waals surface area contributed by atoms with Gasteiger partial charge >= 0.3 is 0 Å². The number of ether oxygens (including phenoxy) is 2. The lowest BCUT2D eigenvalue weighted by Crippen LogP contribution is -2.00. The smallest absolute Gasteiger partial charge is 0.235 e. The lowest BCUT2D eigenvalue weighted by atomic mass is 10.3. The third-order valence-corrected chi connectivity index (χ3v) is 5.01. The minimum Gasteiger partial charge on any atom is -0.490 e. The van der Waals surface area contributed by atoms with Crippen molar-refractivity contribution in [2.45, 2.75) is 13.5 Å². The van der Waals surface area contributed by atoms with E-state index in [0.717, 1.165) is 26.4 Å². The first kappa shape index (κ1) is 15.1. The quantitative estimate of drug-likeness (QED) is 0.523. The van der Waals surface area contributed by atoms with Crippen molar-refractivity contribution in [1.82, 2.24) is 19.8 Å². The van der Waals surface area contributed by atoms with Crippen LogP contribution in [0, 0.1) is 0 Å². The Balaban J connectivity index is 1.56. The van der Waals surface area contributed by atoms with Gasteiger partial charge in [-0.15, -0.1) is 21.5 Å². The SMILES string of the molecule is CCOc1ccccc1OCc1nn2c(-c3cccs3)nnc2s1. The van der Waals surface area contributed by atoms with E-state index in [0.29, 0.717) is 19.0 Å². The minimum atomic E-state index is 0.363. The van der Waals surface area contributed by atoms with Gasteiger partial charge in [-0.25, -0.2) is 0 Å². The second-order valence-electron chi connectivity index (χ2n) is 4.86. The average molecular weight is 358 g/mol. The second-order valence-corrected chi connectivity index (χ2v) is 6.85. The van der Waals surface area contributed by atoms with E-state index in [1.54, 1.807) is 15.9 Å². The molecule has 0 fully saturated rings. The maximum absolute atomic E-state index is 5.87. The molecule has 6 nitrogen and oxygen atoms in total. The summed E-state index contributed by atoms with van der Waals surface area (Å²) >= 11 is 3.09. The first-order valence-corrected chi connectivity index (χ1v) is 9.14. The molecule has 0 bridgehead atoms. The fraction of sp³-hybridized carbons (Fsp3) is 0.188. The average Bonchev–Trinajstić information content (AvgIpc) is 3.31. The number of para-hydroxylation sites is 2. The molecule has 4 rings (SSSR count). The van der Waals surface area contributed by atoms with E-state index in [9.17, 15) is 0 Å². The van der Waals surface area contributed by atoms with Gasteiger partial charge in [-0.3, -0.25) is 0 Å². The number of thiophene rings is 1. The van der Waals surface area contributed by atoms with Crippen LogP contribution in [-0.4, -0.2) is 26.4 Å². The van der Waals surface area contributed by atoms with Crippen LogP contribution in [0.4, 0.5) is 0 Å². The molecule has 3 aromatic heterocycles. The monoisotopic (exact) mass is 358 g/mol. The van der Waals surface area contributed by atoms with E-state index >= 15 is 0 Å². The second kappa shape index (κ2) is 6.58. The highest BCUT2D eigenvalue weighted by Gasteiger charge is 2.14. The Morgan fingerprint density at radius 3 is 2.62 bits per heavy atom. The fourth-order valence-electron chi connectivity index (χ4n) is 2.26. The highest BCUT2D eigenvalue weighted by molar-refractivity contribution is 7.16. The third-order valence-electron chi connectivity index (χ3n) is 3.27. The van der Waals surface area contributed by atoms with Gasteiger partial charge < -0.3 is 9.47 Å². The summed E-state index contributed by atoms with van der Waals surface area (Å²) in [5, 5.41) is 15.8. The molecule has 0 radical (unpaired) electrons. The summed E-state index contributed by atoms with van der Waals surface area (Å²) in [4.78, 5) is 1.80. The number of aromatic nitrogens is 4. The number of hydrogen-bond acceptors (Lipinski definition) is 7. The predicted octanol–water partition coefficient (Wildman–Crippen LogP) is 3.89. The van der Waals surface area contributed by atoms with Gasteiger partial charge in [-0.05, 0) is 30.5 Å². The Hall–Kier alpha value is -2.45. The molecule has 0 saturated heterocycles. The number of rotatable bonds is 6. The van der Waals surface area contributed by atoms with Crippen molar-refractivity contribution in [3.63, 3.8) is 0 Å². The molecule has 0 saturated carbocycles. The van der Waals surface area contributed by atoms with E-state index in [-0.39, 0.29) is 0 Å². The zero-order valence-corrected chi connectivity index (χ0v) is 14.5. The Bertz CT molecular complexity index is 946. The van der Waals surface area contributed by atoms with Gasteiger partial charge in [0.05, 0.1) is 11.5 Å². The van der Waals surface area contributed by atoms with Crippen LogP contribution in [0.1, 0.15) is 11.9 Å². The summed E-state index contributed by atoms with van der Waals surface area (Å²) in [5.41, 5.74) is 0. The van der Waals surface area contributed by atoms with Crippen LogP contribution in [-0.2, 0) is 6.61 Å². The zero-order valence-electron chi connectivity index (χ0n) is 12.9. The number of fused-ring (bicyclic) bond motifs is 1. The van der Waals surface area contributed by atoms with Crippen LogP contribution in [0.15, 0.2) is 41.8 Å². The lowest BCUT2D eigenvalue weighted by Gasteiger charge is -2.10. The number of benzene rings is 1. The first-order valence-electron chi connectivity index (χ1n) is 7.45. The van der Waals surface area contributed by atoms with Crippen molar-refractivity contribution in [3.8, 4) is 22.2 Å². The Labute approximate surface area is 146 Å². The Morgan fingerprint density at radius 1 is 1.04 bits per heavy atom. The van der Waals surface area contributed by atoms with Crippen LogP contribution in [0.5, 0.6) is 11.5 Å². The van der Waals surface area contributed by atoms with Crippen LogP contribution in [0.25, 0.3) is 15.7 Å². The standard InChI is InChI=1S/C16H14N4O2S2/c1-2-21-11-6-3-4-7-12(11)22-10-14-19-20-15(13-8-5-9-23-13)17-18-16(20)24-14/h3-9H,2,10H2,1H3. The molecule has 0 aliphatic carbocycles. The van der Waals surface area contributed by atoms with E-state index < -0.39 is 0 Å². The Kier molecular flexibility index (Phi) is 4.14. The molecule has 4 aromatic rings. The van der Waals surface area contributed by atoms with Crippen molar-refractivity contribution >= 4 is 27.6 Å². The predicted molar refractivity (Wildman–Crippen MR) is 93.9 cm³/mol. The van der Waals surface area contributed by atoms with Crippen LogP contribution in [0.3, 0.4) is 0 Å². The van der Waals surface area contributed by atoms with Crippen molar-refractivity contribution in [1.29, 1.82) is 0 Å². The molecule has 0 atom stereocenters. The van der Waals surface area contributed by atoms with Crippen LogP contribution < -0.4 is 9.47 Å². The molecular weight excluding hydrogens is 344 g/mol. The third kappa shape index (κ3) is 2.85. The maximum atomic E-state index is 5.87. The summed E-state index contributed by atoms with van der Waals surface area (Å²) < 4.78 is 13.2. The molecule has 1 aromatic carbocycles. The zero-order chi connectivity index (χ0) is 16.4. The molecule has 0 amide bonds. The minimum absolute atomic E-state index is 0.363. The lowest BCUT2D eigenvalue weighted by molar-refractivity contribution is 0.268. The fourth-order valence-corrected chi connectivity index (χ4v) is 3.70. The molecule has 122 valence electrons. The van der Waals surface area contributed by atoms with Gasteiger partial charge in [0, 0.05) is 0 Å². The molecule has 3 heterocycles. The molecule has 24 heavy (non-hydrogen) atoms. The summed E-state index contributed by atoms with van der Waals surface area (Å²) in [6.45, 7) is 2.91. The maximum Gasteiger partial charge on any atom is 0.235 e. The largest absolute Gasteiger partial charge is 0.490 e. The molecule has 0 unspecified atom stereocenters. The van der Waals surface area contributed by atoms with E-state index in [4.69, 9.17) is 9.47 Å². The number of nitrogens with zero attached hydrogens (tertiary/aromatic N) is 4. The summed E-state index contributed by atoms with van der Waals surface area (Å²) in [5.74, 6) is 2.21. The van der Waals surface area contributed by atoms with Crippen LogP contribution >= 0.6 is 22.7 Å². The van der Waals surface area contributed by atoms with Crippen molar-refractivity contribution in [3.05, 3.63) is 46.8 Å². The van der Waals surface area contributed by atoms with Gasteiger partial charge in [0.1, 0.15) is 6.61 Å². The first-order chi connectivity index (χ1) is 11.8. The molecule has 0 aliphatic rings. The highest BCUT2D eigenvalue weighted by Crippen LogP contribution is 2.29. The normalized spacial score (nSPS) is 11.0. The van der Waals surface area contributed by atoms with Gasteiger partial charge in [0.15, 0.2) is 22.3 Å². The van der Waals surface area contributed by atoms with E-state index in [1.807, 2.05) is 48.7 Å². The van der Waals surface area contributed by atoms with Crippen molar-refractivity contribution in [2.75, 3.05) is 6.61 Å². The van der Waals surface area contributed by atoms with Crippen LogP contribution in [0.2, 0.25) is 0 Å². The van der Waals surface area contributed by atoms with E-state index in [2.05, 4.69) is 15.3 Å².